The van der Waals surface area contributed by atoms with Gasteiger partial charge in [-0.15, -0.1) is 0 Å². The number of rotatable bonds is 7. The molecule has 0 saturated carbocycles. The number of aliphatic hydroxyl groups excluding tert-OH is 1. The van der Waals surface area contributed by atoms with Gasteiger partial charge in [0.05, 0.1) is 13.2 Å². The summed E-state index contributed by atoms with van der Waals surface area (Å²) >= 11 is 0. The van der Waals surface area contributed by atoms with Crippen molar-refractivity contribution in [2.45, 2.75) is 26.7 Å². The van der Waals surface area contributed by atoms with Crippen molar-refractivity contribution in [3.05, 3.63) is 29.3 Å². The molecule has 0 fully saturated rings. The van der Waals surface area contributed by atoms with Gasteiger partial charge in [-0.3, -0.25) is 4.79 Å². The van der Waals surface area contributed by atoms with Gasteiger partial charge in [0.2, 0.25) is 5.91 Å². The van der Waals surface area contributed by atoms with Gasteiger partial charge in [0.25, 0.3) is 0 Å². The van der Waals surface area contributed by atoms with Gasteiger partial charge in [0.1, 0.15) is 6.61 Å². The summed E-state index contributed by atoms with van der Waals surface area (Å²) in [7, 11) is 0. The van der Waals surface area contributed by atoms with E-state index in [1.807, 2.05) is 18.2 Å². The third kappa shape index (κ3) is 4.13. The standard InChI is InChI=1S/C14H21NO3/c1-3-11-6-5-7-12(4-2)14(11)15-13(17)10-18-9-8-16/h5-7,16H,3-4,8-10H2,1-2H3,(H,15,17). The van der Waals surface area contributed by atoms with Crippen LogP contribution in [0.1, 0.15) is 25.0 Å². The van der Waals surface area contributed by atoms with Crippen LogP contribution in [0.15, 0.2) is 18.2 Å². The van der Waals surface area contributed by atoms with E-state index in [2.05, 4.69) is 19.2 Å². The number of benzene rings is 1. The predicted octanol–water partition coefficient (Wildman–Crippen LogP) is 1.76. The van der Waals surface area contributed by atoms with E-state index in [-0.39, 0.29) is 25.7 Å². The molecule has 0 atom stereocenters. The number of carbonyl (C=O) groups excluding carboxylic acids is 1. The molecule has 1 rings (SSSR count). The lowest BCUT2D eigenvalue weighted by Gasteiger charge is -2.14. The quantitative estimate of drug-likeness (QED) is 0.726. The van der Waals surface area contributed by atoms with Gasteiger partial charge < -0.3 is 15.2 Å². The number of amides is 1. The number of hydrogen-bond donors (Lipinski definition) is 2. The third-order valence-corrected chi connectivity index (χ3v) is 2.73. The summed E-state index contributed by atoms with van der Waals surface area (Å²) in [5, 5.41) is 11.5. The topological polar surface area (TPSA) is 58.6 Å². The van der Waals surface area contributed by atoms with Crippen LogP contribution in [0.25, 0.3) is 0 Å². The zero-order valence-corrected chi connectivity index (χ0v) is 11.0. The Morgan fingerprint density at radius 1 is 1.28 bits per heavy atom. The molecule has 0 aliphatic rings. The minimum absolute atomic E-state index is 0.0260. The van der Waals surface area contributed by atoms with E-state index < -0.39 is 0 Å². The first-order valence-electron chi connectivity index (χ1n) is 6.32. The molecule has 0 unspecified atom stereocenters. The molecule has 1 aromatic carbocycles. The van der Waals surface area contributed by atoms with Crippen molar-refractivity contribution in [2.24, 2.45) is 0 Å². The Bertz CT molecular complexity index is 368. The fourth-order valence-corrected chi connectivity index (χ4v) is 1.81. The monoisotopic (exact) mass is 251 g/mol. The zero-order chi connectivity index (χ0) is 13.4. The van der Waals surface area contributed by atoms with Gasteiger partial charge in [-0.1, -0.05) is 32.0 Å². The molecule has 0 saturated heterocycles. The largest absolute Gasteiger partial charge is 0.394 e. The molecule has 0 heterocycles. The van der Waals surface area contributed by atoms with E-state index in [1.165, 1.54) is 0 Å². The molecule has 0 spiro atoms. The number of aryl methyl sites for hydroxylation is 2. The fraction of sp³-hybridized carbons (Fsp3) is 0.500. The predicted molar refractivity (Wildman–Crippen MR) is 71.7 cm³/mol. The third-order valence-electron chi connectivity index (χ3n) is 2.73. The second-order valence-electron chi connectivity index (χ2n) is 3.98. The lowest BCUT2D eigenvalue weighted by atomic mass is 10.0. The minimum Gasteiger partial charge on any atom is -0.394 e. The highest BCUT2D eigenvalue weighted by atomic mass is 16.5. The Labute approximate surface area is 108 Å². The molecule has 0 bridgehead atoms. The number of ether oxygens (including phenoxy) is 1. The molecule has 1 amide bonds. The smallest absolute Gasteiger partial charge is 0.250 e. The van der Waals surface area contributed by atoms with Gasteiger partial charge >= 0.3 is 0 Å². The van der Waals surface area contributed by atoms with Crippen LogP contribution >= 0.6 is 0 Å². The molecule has 100 valence electrons. The number of para-hydroxylation sites is 1. The normalized spacial score (nSPS) is 10.4. The average molecular weight is 251 g/mol. The van der Waals surface area contributed by atoms with Crippen molar-refractivity contribution in [1.29, 1.82) is 0 Å². The molecule has 0 aliphatic heterocycles. The summed E-state index contributed by atoms with van der Waals surface area (Å²) in [5.74, 6) is -0.181. The molecule has 0 aromatic heterocycles. The lowest BCUT2D eigenvalue weighted by molar-refractivity contribution is -0.120. The Morgan fingerprint density at radius 2 is 1.89 bits per heavy atom. The number of carbonyl (C=O) groups is 1. The highest BCUT2D eigenvalue weighted by Gasteiger charge is 2.09. The summed E-state index contributed by atoms with van der Waals surface area (Å²) in [6, 6.07) is 6.04. The lowest BCUT2D eigenvalue weighted by Crippen LogP contribution is -2.21. The Morgan fingerprint density at radius 3 is 2.39 bits per heavy atom. The summed E-state index contributed by atoms with van der Waals surface area (Å²) in [5.41, 5.74) is 3.16. The van der Waals surface area contributed by atoms with E-state index in [1.54, 1.807) is 0 Å². The maximum Gasteiger partial charge on any atom is 0.250 e. The van der Waals surface area contributed by atoms with Crippen LogP contribution in [-0.4, -0.2) is 30.8 Å². The van der Waals surface area contributed by atoms with Crippen molar-refractivity contribution in [1.82, 2.24) is 0 Å². The maximum atomic E-state index is 11.7. The summed E-state index contributed by atoms with van der Waals surface area (Å²) in [6.07, 6.45) is 1.75. The van der Waals surface area contributed by atoms with E-state index >= 15 is 0 Å². The second kappa shape index (κ2) is 7.84. The molecule has 4 heteroatoms. The molecule has 4 nitrogen and oxygen atoms in total. The zero-order valence-electron chi connectivity index (χ0n) is 11.0. The first kappa shape index (κ1) is 14.7. The molecular weight excluding hydrogens is 230 g/mol. The molecule has 1 aromatic rings. The summed E-state index contributed by atoms with van der Waals surface area (Å²) in [6.45, 7) is 4.21. The summed E-state index contributed by atoms with van der Waals surface area (Å²) in [4.78, 5) is 11.7. The molecule has 0 radical (unpaired) electrons. The molecular formula is C14H21NO3. The van der Waals surface area contributed by atoms with Crippen molar-refractivity contribution >= 4 is 11.6 Å². The second-order valence-corrected chi connectivity index (χ2v) is 3.98. The minimum atomic E-state index is -0.181. The van der Waals surface area contributed by atoms with Gasteiger partial charge in [-0.2, -0.15) is 0 Å². The van der Waals surface area contributed by atoms with Crippen LogP contribution in [0.3, 0.4) is 0 Å². The van der Waals surface area contributed by atoms with E-state index in [9.17, 15) is 4.79 Å². The fourth-order valence-electron chi connectivity index (χ4n) is 1.81. The Hall–Kier alpha value is -1.39. The Kier molecular flexibility index (Phi) is 6.39. The number of nitrogens with one attached hydrogen (secondary N) is 1. The van der Waals surface area contributed by atoms with Crippen LogP contribution in [0.5, 0.6) is 0 Å². The van der Waals surface area contributed by atoms with E-state index in [0.29, 0.717) is 0 Å². The van der Waals surface area contributed by atoms with Gasteiger partial charge in [0.15, 0.2) is 0 Å². The number of aliphatic hydroxyl groups is 1. The Balaban J connectivity index is 2.72. The van der Waals surface area contributed by atoms with Crippen molar-refractivity contribution in [3.8, 4) is 0 Å². The van der Waals surface area contributed by atoms with Crippen LogP contribution in [0.4, 0.5) is 5.69 Å². The van der Waals surface area contributed by atoms with Crippen LogP contribution < -0.4 is 5.32 Å². The first-order valence-corrected chi connectivity index (χ1v) is 6.32. The van der Waals surface area contributed by atoms with E-state index in [4.69, 9.17) is 9.84 Å². The highest BCUT2D eigenvalue weighted by Crippen LogP contribution is 2.22. The van der Waals surface area contributed by atoms with Crippen LogP contribution in [0, 0.1) is 0 Å². The van der Waals surface area contributed by atoms with Crippen molar-refractivity contribution < 1.29 is 14.6 Å². The SMILES string of the molecule is CCc1cccc(CC)c1NC(=O)COCCO. The summed E-state index contributed by atoms with van der Waals surface area (Å²) < 4.78 is 5.00. The number of hydrogen-bond acceptors (Lipinski definition) is 3. The van der Waals surface area contributed by atoms with Gasteiger partial charge in [0, 0.05) is 5.69 Å². The molecule has 2 N–H and O–H groups in total. The van der Waals surface area contributed by atoms with Crippen molar-refractivity contribution in [2.75, 3.05) is 25.1 Å². The average Bonchev–Trinajstić information content (AvgIpc) is 2.39. The van der Waals surface area contributed by atoms with Crippen LogP contribution in [-0.2, 0) is 22.4 Å². The first-order chi connectivity index (χ1) is 8.72. The van der Waals surface area contributed by atoms with Crippen LogP contribution in [0.2, 0.25) is 0 Å². The molecule has 18 heavy (non-hydrogen) atoms. The number of anilines is 1. The van der Waals surface area contributed by atoms with E-state index in [0.717, 1.165) is 29.7 Å². The maximum absolute atomic E-state index is 11.7. The highest BCUT2D eigenvalue weighted by molar-refractivity contribution is 5.93. The molecule has 0 aliphatic carbocycles. The van der Waals surface area contributed by atoms with Gasteiger partial charge in [-0.05, 0) is 24.0 Å². The van der Waals surface area contributed by atoms with Crippen molar-refractivity contribution in [3.63, 3.8) is 0 Å². The van der Waals surface area contributed by atoms with Gasteiger partial charge in [-0.25, -0.2) is 0 Å².